The van der Waals surface area contributed by atoms with Crippen LogP contribution in [0.4, 0.5) is 0 Å². The number of hydrogen-bond donors (Lipinski definition) is 1. The summed E-state index contributed by atoms with van der Waals surface area (Å²) in [4.78, 5) is 13.3. The van der Waals surface area contributed by atoms with Gasteiger partial charge in [0.2, 0.25) is 0 Å². The predicted octanol–water partition coefficient (Wildman–Crippen LogP) is 2.18. The van der Waals surface area contributed by atoms with Crippen LogP contribution in [-0.2, 0) is 4.79 Å². The molecular weight excluding hydrogens is 366 g/mol. The molecule has 1 aromatic carbocycles. The lowest BCUT2D eigenvalue weighted by Gasteiger charge is -2.44. The molecule has 18 heavy (non-hydrogen) atoms. The van der Waals surface area contributed by atoms with Crippen LogP contribution >= 0.6 is 31.9 Å². The van der Waals surface area contributed by atoms with E-state index in [2.05, 4.69) is 31.9 Å². The largest absolute Gasteiger partial charge is 0.483 e. The number of β-amino-alcohol motifs (C(OH)–C–C–N with tert-alkyl or cyclic N) is 1. The predicted molar refractivity (Wildman–Crippen MR) is 74.5 cm³/mol. The molecule has 98 valence electrons. The molecule has 1 saturated heterocycles. The molecule has 2 rings (SSSR count). The van der Waals surface area contributed by atoms with Crippen molar-refractivity contribution in [3.63, 3.8) is 0 Å². The normalized spacial score (nSPS) is 17.2. The molecule has 0 unspecified atom stereocenters. The van der Waals surface area contributed by atoms with Gasteiger partial charge >= 0.3 is 0 Å². The molecule has 1 N–H and O–H groups in total. The van der Waals surface area contributed by atoms with Crippen molar-refractivity contribution >= 4 is 37.8 Å². The summed E-state index contributed by atoms with van der Waals surface area (Å²) in [7, 11) is 0. The molecule has 0 aliphatic carbocycles. The van der Waals surface area contributed by atoms with Crippen LogP contribution in [0.3, 0.4) is 0 Å². The average Bonchev–Trinajstić information content (AvgIpc) is 2.24. The van der Waals surface area contributed by atoms with Crippen molar-refractivity contribution < 1.29 is 14.6 Å². The van der Waals surface area contributed by atoms with Crippen molar-refractivity contribution in [3.05, 3.63) is 27.1 Å². The lowest BCUT2D eigenvalue weighted by atomic mass is 9.97. The van der Waals surface area contributed by atoms with Crippen LogP contribution in [-0.4, -0.2) is 41.2 Å². The van der Waals surface area contributed by atoms with Crippen molar-refractivity contribution in [1.29, 1.82) is 0 Å². The minimum atomic E-state index is -0.742. The highest BCUT2D eigenvalue weighted by molar-refractivity contribution is 9.11. The Morgan fingerprint density at radius 2 is 2.17 bits per heavy atom. The molecule has 1 fully saturated rings. The zero-order chi connectivity index (χ0) is 13.3. The third-order valence-corrected chi connectivity index (χ3v) is 3.77. The van der Waals surface area contributed by atoms with Gasteiger partial charge in [0.25, 0.3) is 5.91 Å². The second-order valence-electron chi connectivity index (χ2n) is 4.61. The van der Waals surface area contributed by atoms with Crippen molar-refractivity contribution in [2.75, 3.05) is 19.7 Å². The van der Waals surface area contributed by atoms with Gasteiger partial charge in [0.15, 0.2) is 6.61 Å². The van der Waals surface area contributed by atoms with E-state index in [4.69, 9.17) is 4.74 Å². The first-order valence-corrected chi connectivity index (χ1v) is 7.04. The summed E-state index contributed by atoms with van der Waals surface area (Å²) in [6.07, 6.45) is 0. The van der Waals surface area contributed by atoms with Crippen LogP contribution in [0.5, 0.6) is 5.75 Å². The topological polar surface area (TPSA) is 49.8 Å². The Hall–Kier alpha value is -0.590. The summed E-state index contributed by atoms with van der Waals surface area (Å²) in [6, 6.07) is 5.49. The fraction of sp³-hybridized carbons (Fsp3) is 0.417. The van der Waals surface area contributed by atoms with E-state index in [1.807, 2.05) is 12.1 Å². The van der Waals surface area contributed by atoms with E-state index in [1.54, 1.807) is 17.9 Å². The van der Waals surface area contributed by atoms with E-state index in [0.717, 1.165) is 8.95 Å². The first-order chi connectivity index (χ1) is 8.37. The third-order valence-electron chi connectivity index (χ3n) is 2.66. The van der Waals surface area contributed by atoms with Crippen LogP contribution in [0.1, 0.15) is 6.92 Å². The van der Waals surface area contributed by atoms with E-state index in [0.29, 0.717) is 18.8 Å². The number of ether oxygens (including phenoxy) is 1. The molecule has 1 aliphatic heterocycles. The van der Waals surface area contributed by atoms with E-state index >= 15 is 0 Å². The lowest BCUT2D eigenvalue weighted by molar-refractivity contribution is -0.154. The van der Waals surface area contributed by atoms with Gasteiger partial charge in [-0.3, -0.25) is 4.79 Å². The number of likely N-dealkylation sites (tertiary alicyclic amines) is 1. The fourth-order valence-electron chi connectivity index (χ4n) is 1.78. The molecule has 0 radical (unpaired) electrons. The number of carbonyl (C=O) groups is 1. The van der Waals surface area contributed by atoms with Crippen molar-refractivity contribution in [1.82, 2.24) is 4.90 Å². The molecule has 0 aromatic heterocycles. The highest BCUT2D eigenvalue weighted by Gasteiger charge is 2.39. The molecule has 0 atom stereocenters. The first kappa shape index (κ1) is 13.8. The molecule has 1 aliphatic rings. The number of nitrogens with zero attached hydrogens (tertiary/aromatic N) is 1. The Labute approximate surface area is 122 Å². The number of hydrogen-bond acceptors (Lipinski definition) is 3. The molecule has 4 nitrogen and oxygen atoms in total. The van der Waals surface area contributed by atoms with Gasteiger partial charge in [-0.15, -0.1) is 0 Å². The van der Waals surface area contributed by atoms with Gasteiger partial charge in [0.05, 0.1) is 23.2 Å². The Morgan fingerprint density at radius 3 is 2.72 bits per heavy atom. The van der Waals surface area contributed by atoms with E-state index in [1.165, 1.54) is 0 Å². The van der Waals surface area contributed by atoms with Gasteiger partial charge in [-0.05, 0) is 41.1 Å². The van der Waals surface area contributed by atoms with Gasteiger partial charge in [-0.2, -0.15) is 0 Å². The van der Waals surface area contributed by atoms with Crippen LogP contribution in [0.25, 0.3) is 0 Å². The van der Waals surface area contributed by atoms with E-state index in [-0.39, 0.29) is 12.5 Å². The molecule has 1 aromatic rings. The Balaban J connectivity index is 1.86. The maximum Gasteiger partial charge on any atom is 0.260 e. The van der Waals surface area contributed by atoms with E-state index in [9.17, 15) is 9.90 Å². The summed E-state index contributed by atoms with van der Waals surface area (Å²) < 4.78 is 7.17. The van der Waals surface area contributed by atoms with Gasteiger partial charge in [-0.25, -0.2) is 0 Å². The second kappa shape index (κ2) is 5.19. The van der Waals surface area contributed by atoms with Crippen molar-refractivity contribution in [3.8, 4) is 5.75 Å². The second-order valence-corrected chi connectivity index (χ2v) is 6.38. The number of halogens is 2. The molecule has 1 heterocycles. The zero-order valence-corrected chi connectivity index (χ0v) is 13.0. The van der Waals surface area contributed by atoms with Gasteiger partial charge in [0.1, 0.15) is 5.75 Å². The number of aliphatic hydroxyl groups is 1. The molecule has 0 bridgehead atoms. The highest BCUT2D eigenvalue weighted by atomic mass is 79.9. The quantitative estimate of drug-likeness (QED) is 0.876. The van der Waals surface area contributed by atoms with Crippen LogP contribution in [0.15, 0.2) is 27.1 Å². The average molecular weight is 379 g/mol. The minimum absolute atomic E-state index is 0.0175. The maximum absolute atomic E-state index is 11.7. The fourth-order valence-corrected chi connectivity index (χ4v) is 2.94. The molecule has 0 spiro atoms. The third kappa shape index (κ3) is 3.24. The summed E-state index contributed by atoms with van der Waals surface area (Å²) in [5.41, 5.74) is -0.742. The Bertz CT molecular complexity index is 468. The maximum atomic E-state index is 11.7. The summed E-state index contributed by atoms with van der Waals surface area (Å²) in [5, 5.41) is 9.54. The molecular formula is C12H13Br2NO3. The zero-order valence-electron chi connectivity index (χ0n) is 9.82. The number of rotatable bonds is 3. The van der Waals surface area contributed by atoms with Gasteiger partial charge in [0, 0.05) is 4.47 Å². The lowest BCUT2D eigenvalue weighted by Crippen LogP contribution is -2.62. The Morgan fingerprint density at radius 1 is 1.50 bits per heavy atom. The van der Waals surface area contributed by atoms with Gasteiger partial charge < -0.3 is 14.7 Å². The van der Waals surface area contributed by atoms with Crippen LogP contribution in [0.2, 0.25) is 0 Å². The Kier molecular flexibility index (Phi) is 3.99. The van der Waals surface area contributed by atoms with Crippen molar-refractivity contribution in [2.24, 2.45) is 0 Å². The first-order valence-electron chi connectivity index (χ1n) is 5.45. The summed E-state index contributed by atoms with van der Waals surface area (Å²) in [6.45, 7) is 2.44. The molecule has 6 heteroatoms. The number of carbonyl (C=O) groups excluding carboxylic acids is 1. The smallest absolute Gasteiger partial charge is 0.260 e. The minimum Gasteiger partial charge on any atom is -0.483 e. The monoisotopic (exact) mass is 377 g/mol. The summed E-state index contributed by atoms with van der Waals surface area (Å²) in [5.74, 6) is 0.509. The van der Waals surface area contributed by atoms with E-state index < -0.39 is 5.60 Å². The van der Waals surface area contributed by atoms with Crippen molar-refractivity contribution in [2.45, 2.75) is 12.5 Å². The number of benzene rings is 1. The SMILES string of the molecule is CC1(O)CN(C(=O)COc2ccc(Br)cc2Br)C1. The molecule has 0 saturated carbocycles. The highest BCUT2D eigenvalue weighted by Crippen LogP contribution is 2.28. The number of amides is 1. The van der Waals surface area contributed by atoms with Crippen LogP contribution in [0, 0.1) is 0 Å². The molecule has 1 amide bonds. The summed E-state index contributed by atoms with van der Waals surface area (Å²) >= 11 is 6.71. The standard InChI is InChI=1S/C12H13Br2NO3/c1-12(17)6-15(7-12)11(16)5-18-10-3-2-8(13)4-9(10)14/h2-4,17H,5-7H2,1H3. The van der Waals surface area contributed by atoms with Crippen LogP contribution < -0.4 is 4.74 Å². The van der Waals surface area contributed by atoms with Gasteiger partial charge in [-0.1, -0.05) is 15.9 Å².